The van der Waals surface area contributed by atoms with Gasteiger partial charge in [-0.2, -0.15) is 0 Å². The zero-order valence-electron chi connectivity index (χ0n) is 14.5. The third kappa shape index (κ3) is 3.56. The standard InChI is InChI=1S/C18H23Cl2NO3S/c1-3-24-15(22)13-11-8-6-4-5-7-9-12(11)25-14(13)21-16(23)17(2)10-18(17,19)20/h3-10H2,1-2H3,(H,21,23)/t17-/m1/s1. The molecule has 2 aliphatic carbocycles. The quantitative estimate of drug-likeness (QED) is 0.561. The monoisotopic (exact) mass is 403 g/mol. The molecule has 1 heterocycles. The minimum atomic E-state index is -1.03. The molecule has 1 N–H and O–H groups in total. The van der Waals surface area contributed by atoms with Gasteiger partial charge in [0, 0.05) is 4.88 Å². The van der Waals surface area contributed by atoms with Gasteiger partial charge in [-0.3, -0.25) is 4.79 Å². The molecule has 1 aromatic rings. The van der Waals surface area contributed by atoms with Crippen LogP contribution >= 0.6 is 34.5 Å². The van der Waals surface area contributed by atoms with E-state index >= 15 is 0 Å². The minimum absolute atomic E-state index is 0.239. The maximum absolute atomic E-state index is 12.7. The number of alkyl halides is 2. The number of carbonyl (C=O) groups is 2. The van der Waals surface area contributed by atoms with E-state index in [-0.39, 0.29) is 11.9 Å². The average Bonchev–Trinajstić information content (AvgIpc) is 2.88. The molecule has 0 unspecified atom stereocenters. The number of nitrogens with one attached hydrogen (secondary N) is 1. The lowest BCUT2D eigenvalue weighted by Gasteiger charge is -2.13. The molecule has 1 saturated carbocycles. The maximum Gasteiger partial charge on any atom is 0.341 e. The van der Waals surface area contributed by atoms with Crippen molar-refractivity contribution >= 4 is 51.4 Å². The molecule has 0 radical (unpaired) electrons. The maximum atomic E-state index is 12.7. The topological polar surface area (TPSA) is 55.4 Å². The molecular weight excluding hydrogens is 381 g/mol. The van der Waals surface area contributed by atoms with Gasteiger partial charge in [-0.05, 0) is 51.5 Å². The van der Waals surface area contributed by atoms with Crippen molar-refractivity contribution in [1.29, 1.82) is 0 Å². The van der Waals surface area contributed by atoms with E-state index in [0.29, 0.717) is 23.6 Å². The van der Waals surface area contributed by atoms with E-state index in [4.69, 9.17) is 27.9 Å². The number of halogens is 2. The van der Waals surface area contributed by atoms with Gasteiger partial charge >= 0.3 is 5.97 Å². The molecule has 3 rings (SSSR count). The molecule has 25 heavy (non-hydrogen) atoms. The second-order valence-electron chi connectivity index (χ2n) is 7.01. The van der Waals surface area contributed by atoms with Crippen LogP contribution in [0, 0.1) is 5.41 Å². The van der Waals surface area contributed by atoms with Crippen LogP contribution in [0.2, 0.25) is 0 Å². The Morgan fingerprint density at radius 2 is 1.84 bits per heavy atom. The zero-order valence-corrected chi connectivity index (χ0v) is 16.9. The minimum Gasteiger partial charge on any atom is -0.462 e. The van der Waals surface area contributed by atoms with E-state index in [1.165, 1.54) is 29.1 Å². The van der Waals surface area contributed by atoms with Crippen molar-refractivity contribution in [2.45, 2.75) is 63.1 Å². The van der Waals surface area contributed by atoms with Gasteiger partial charge < -0.3 is 10.1 Å². The highest BCUT2D eigenvalue weighted by atomic mass is 35.5. The first-order valence-corrected chi connectivity index (χ1v) is 10.4. The summed E-state index contributed by atoms with van der Waals surface area (Å²) < 4.78 is 4.22. The van der Waals surface area contributed by atoms with Crippen molar-refractivity contribution in [2.75, 3.05) is 11.9 Å². The number of amides is 1. The van der Waals surface area contributed by atoms with Crippen LogP contribution in [0.25, 0.3) is 0 Å². The van der Waals surface area contributed by atoms with Gasteiger partial charge in [0.1, 0.15) is 9.33 Å². The van der Waals surface area contributed by atoms with Crippen LogP contribution in [0.15, 0.2) is 0 Å². The Kier molecular flexibility index (Phi) is 5.38. The molecule has 0 spiro atoms. The van der Waals surface area contributed by atoms with Crippen LogP contribution in [0.3, 0.4) is 0 Å². The average molecular weight is 404 g/mol. The summed E-state index contributed by atoms with van der Waals surface area (Å²) in [4.78, 5) is 26.4. The van der Waals surface area contributed by atoms with Crippen molar-refractivity contribution in [3.05, 3.63) is 16.0 Å². The Morgan fingerprint density at radius 1 is 1.20 bits per heavy atom. The summed E-state index contributed by atoms with van der Waals surface area (Å²) in [5.74, 6) is -0.600. The fraction of sp³-hybridized carbons (Fsp3) is 0.667. The van der Waals surface area contributed by atoms with Gasteiger partial charge in [-0.25, -0.2) is 4.79 Å². The molecule has 0 saturated heterocycles. The fourth-order valence-corrected chi connectivity index (χ4v) is 5.29. The van der Waals surface area contributed by atoms with Crippen LogP contribution in [-0.2, 0) is 22.4 Å². The normalized spacial score (nSPS) is 24.6. The molecule has 1 aromatic heterocycles. The van der Waals surface area contributed by atoms with E-state index in [9.17, 15) is 9.59 Å². The lowest BCUT2D eigenvalue weighted by molar-refractivity contribution is -0.120. The number of esters is 1. The number of ether oxygens (including phenoxy) is 1. The number of anilines is 1. The van der Waals surface area contributed by atoms with Gasteiger partial charge in [-0.15, -0.1) is 34.5 Å². The summed E-state index contributed by atoms with van der Waals surface area (Å²) >= 11 is 13.7. The molecule has 1 amide bonds. The van der Waals surface area contributed by atoms with E-state index in [1.807, 2.05) is 0 Å². The highest BCUT2D eigenvalue weighted by Crippen LogP contribution is 2.64. The third-order valence-corrected chi connectivity index (χ3v) is 7.45. The smallest absolute Gasteiger partial charge is 0.341 e. The summed E-state index contributed by atoms with van der Waals surface area (Å²) in [5, 5.41) is 3.49. The highest BCUT2D eigenvalue weighted by Gasteiger charge is 2.68. The summed E-state index contributed by atoms with van der Waals surface area (Å²) in [7, 11) is 0. The van der Waals surface area contributed by atoms with Gasteiger partial charge in [0.05, 0.1) is 17.6 Å². The largest absolute Gasteiger partial charge is 0.462 e. The molecule has 2 aliphatic rings. The lowest BCUT2D eigenvalue weighted by atomic mass is 9.96. The Bertz CT molecular complexity index is 701. The first-order chi connectivity index (χ1) is 11.8. The Hall–Kier alpha value is -0.780. The number of carbonyl (C=O) groups excluding carboxylic acids is 2. The van der Waals surface area contributed by atoms with E-state index in [2.05, 4.69) is 5.32 Å². The molecular formula is C18H23Cl2NO3S. The molecule has 1 atom stereocenters. The Labute approximate surface area is 162 Å². The first-order valence-electron chi connectivity index (χ1n) is 8.81. The van der Waals surface area contributed by atoms with Crippen molar-refractivity contribution in [3.63, 3.8) is 0 Å². The molecule has 4 nitrogen and oxygen atoms in total. The Balaban J connectivity index is 1.93. The molecule has 0 aromatic carbocycles. The molecule has 0 aliphatic heterocycles. The summed E-state index contributed by atoms with van der Waals surface area (Å²) in [6.45, 7) is 3.84. The van der Waals surface area contributed by atoms with Crippen molar-refractivity contribution in [1.82, 2.24) is 0 Å². The van der Waals surface area contributed by atoms with Crippen LogP contribution in [0.5, 0.6) is 0 Å². The summed E-state index contributed by atoms with van der Waals surface area (Å²) in [6, 6.07) is 0. The second kappa shape index (κ2) is 7.09. The van der Waals surface area contributed by atoms with Crippen LogP contribution in [-0.4, -0.2) is 22.8 Å². The predicted molar refractivity (Wildman–Crippen MR) is 102 cm³/mol. The van der Waals surface area contributed by atoms with Crippen LogP contribution in [0.1, 0.15) is 66.8 Å². The van der Waals surface area contributed by atoms with Gasteiger partial charge in [0.15, 0.2) is 0 Å². The van der Waals surface area contributed by atoms with E-state index in [1.54, 1.807) is 13.8 Å². The molecule has 138 valence electrons. The number of fused-ring (bicyclic) bond motifs is 1. The lowest BCUT2D eigenvalue weighted by Crippen LogP contribution is -2.26. The van der Waals surface area contributed by atoms with E-state index in [0.717, 1.165) is 31.2 Å². The summed E-state index contributed by atoms with van der Waals surface area (Å²) in [6.07, 6.45) is 6.72. The number of rotatable bonds is 4. The third-order valence-electron chi connectivity index (χ3n) is 5.14. The van der Waals surface area contributed by atoms with Crippen LogP contribution < -0.4 is 5.32 Å². The number of hydrogen-bond acceptors (Lipinski definition) is 4. The van der Waals surface area contributed by atoms with Crippen molar-refractivity contribution in [3.8, 4) is 0 Å². The molecule has 0 bridgehead atoms. The van der Waals surface area contributed by atoms with E-state index < -0.39 is 9.75 Å². The zero-order chi connectivity index (χ0) is 18.2. The summed E-state index contributed by atoms with van der Waals surface area (Å²) in [5.41, 5.74) is 0.749. The van der Waals surface area contributed by atoms with Crippen LogP contribution in [0.4, 0.5) is 5.00 Å². The number of hydrogen-bond donors (Lipinski definition) is 1. The molecule has 1 fully saturated rings. The Morgan fingerprint density at radius 3 is 2.44 bits per heavy atom. The van der Waals surface area contributed by atoms with Gasteiger partial charge in [0.25, 0.3) is 0 Å². The van der Waals surface area contributed by atoms with Gasteiger partial charge in [-0.1, -0.05) is 12.8 Å². The van der Waals surface area contributed by atoms with Crippen molar-refractivity contribution < 1.29 is 14.3 Å². The molecule has 7 heteroatoms. The first kappa shape index (κ1) is 19.0. The highest BCUT2D eigenvalue weighted by molar-refractivity contribution is 7.17. The second-order valence-corrected chi connectivity index (χ2v) is 9.60. The predicted octanol–water partition coefficient (Wildman–Crippen LogP) is 5.11. The number of thiophene rings is 1. The SMILES string of the molecule is CCOC(=O)c1c(NC(=O)[C@@]2(C)CC2(Cl)Cl)sc2c1CCCCCC2. The van der Waals surface area contributed by atoms with Gasteiger partial charge in [0.2, 0.25) is 5.91 Å². The fourth-order valence-electron chi connectivity index (χ4n) is 3.31. The number of aryl methyl sites for hydroxylation is 1. The van der Waals surface area contributed by atoms with Crippen molar-refractivity contribution in [2.24, 2.45) is 5.41 Å².